The third-order valence-electron chi connectivity index (χ3n) is 5.77. The zero-order valence-corrected chi connectivity index (χ0v) is 17.6. The summed E-state index contributed by atoms with van der Waals surface area (Å²) in [6.45, 7) is 1.90. The van der Waals surface area contributed by atoms with Crippen LogP contribution in [0.2, 0.25) is 0 Å². The minimum Gasteiger partial charge on any atom is -0.322 e. The van der Waals surface area contributed by atoms with Crippen LogP contribution in [0.3, 0.4) is 0 Å². The van der Waals surface area contributed by atoms with E-state index in [2.05, 4.69) is 11.4 Å². The summed E-state index contributed by atoms with van der Waals surface area (Å²) >= 11 is 0. The highest BCUT2D eigenvalue weighted by atomic mass is 16.1. The van der Waals surface area contributed by atoms with Gasteiger partial charge in [0.15, 0.2) is 5.78 Å². The zero-order chi connectivity index (χ0) is 22.1. The van der Waals surface area contributed by atoms with E-state index < -0.39 is 0 Å². The maximum atomic E-state index is 13.5. The summed E-state index contributed by atoms with van der Waals surface area (Å²) in [5, 5.41) is 6.85. The quantitative estimate of drug-likeness (QED) is 0.260. The number of ketones is 1. The Labute approximate surface area is 186 Å². The van der Waals surface area contributed by atoms with E-state index in [9.17, 15) is 9.59 Å². The van der Waals surface area contributed by atoms with Gasteiger partial charge in [-0.2, -0.15) is 0 Å². The molecule has 5 rings (SSSR count). The van der Waals surface area contributed by atoms with Crippen molar-refractivity contribution in [2.45, 2.75) is 6.92 Å². The van der Waals surface area contributed by atoms with Crippen LogP contribution < -0.4 is 5.32 Å². The first-order chi connectivity index (χ1) is 15.6. The monoisotopic (exact) mass is 415 g/mol. The molecule has 32 heavy (non-hydrogen) atoms. The molecule has 3 heteroatoms. The maximum Gasteiger partial charge on any atom is 0.256 e. The zero-order valence-electron chi connectivity index (χ0n) is 17.6. The fourth-order valence-corrected chi connectivity index (χ4v) is 4.14. The molecule has 0 radical (unpaired) electrons. The molecule has 3 nitrogen and oxygen atoms in total. The van der Waals surface area contributed by atoms with Crippen molar-refractivity contribution in [3.8, 4) is 0 Å². The molecule has 0 aliphatic carbocycles. The van der Waals surface area contributed by atoms with E-state index >= 15 is 0 Å². The molecule has 154 valence electrons. The summed E-state index contributed by atoms with van der Waals surface area (Å²) in [4.78, 5) is 26.5. The average molecular weight is 415 g/mol. The predicted molar refractivity (Wildman–Crippen MR) is 130 cm³/mol. The average Bonchev–Trinajstić information content (AvgIpc) is 2.83. The van der Waals surface area contributed by atoms with Gasteiger partial charge in [0.25, 0.3) is 5.91 Å². The summed E-state index contributed by atoms with van der Waals surface area (Å²) in [7, 11) is 0. The Hall–Kier alpha value is -4.24. The van der Waals surface area contributed by atoms with E-state index in [1.165, 1.54) is 0 Å². The Morgan fingerprint density at radius 1 is 0.656 bits per heavy atom. The van der Waals surface area contributed by atoms with Gasteiger partial charge in [-0.15, -0.1) is 0 Å². The van der Waals surface area contributed by atoms with Gasteiger partial charge in [0.1, 0.15) is 0 Å². The number of hydrogen-bond acceptors (Lipinski definition) is 2. The van der Waals surface area contributed by atoms with Crippen molar-refractivity contribution in [2.24, 2.45) is 0 Å². The summed E-state index contributed by atoms with van der Waals surface area (Å²) in [6, 6.07) is 32.5. The van der Waals surface area contributed by atoms with Gasteiger partial charge in [0.2, 0.25) is 0 Å². The lowest BCUT2D eigenvalue weighted by atomic mass is 9.96. The van der Waals surface area contributed by atoms with Crippen LogP contribution in [0.4, 0.5) is 5.69 Å². The molecule has 0 aromatic heterocycles. The number of nitrogens with one attached hydrogen (secondary N) is 1. The van der Waals surface area contributed by atoms with Gasteiger partial charge in [-0.25, -0.2) is 0 Å². The van der Waals surface area contributed by atoms with Gasteiger partial charge >= 0.3 is 0 Å². The molecule has 0 saturated carbocycles. The third kappa shape index (κ3) is 3.54. The Balaban J connectivity index is 1.56. The smallest absolute Gasteiger partial charge is 0.256 e. The highest BCUT2D eigenvalue weighted by Gasteiger charge is 2.17. The minimum atomic E-state index is -0.194. The number of carbonyl (C=O) groups excluding carboxylic acids is 2. The van der Waals surface area contributed by atoms with E-state index in [0.717, 1.165) is 27.1 Å². The maximum absolute atomic E-state index is 13.5. The van der Waals surface area contributed by atoms with Crippen molar-refractivity contribution in [2.75, 3.05) is 5.32 Å². The molecule has 1 N–H and O–H groups in total. The number of hydrogen-bond donors (Lipinski definition) is 1. The second-order valence-corrected chi connectivity index (χ2v) is 7.87. The molecule has 0 aliphatic heterocycles. The Bertz CT molecular complexity index is 1430. The van der Waals surface area contributed by atoms with Crippen molar-refractivity contribution < 1.29 is 9.59 Å². The van der Waals surface area contributed by atoms with Crippen LogP contribution in [0.15, 0.2) is 103 Å². The number of anilines is 1. The van der Waals surface area contributed by atoms with Crippen LogP contribution >= 0.6 is 0 Å². The van der Waals surface area contributed by atoms with Crippen molar-refractivity contribution in [3.05, 3.63) is 125 Å². The highest BCUT2D eigenvalue weighted by molar-refractivity contribution is 6.22. The summed E-state index contributed by atoms with van der Waals surface area (Å²) < 4.78 is 0. The topological polar surface area (TPSA) is 46.2 Å². The summed E-state index contributed by atoms with van der Waals surface area (Å²) in [5.74, 6) is -0.255. The van der Waals surface area contributed by atoms with E-state index in [-0.39, 0.29) is 11.7 Å². The van der Waals surface area contributed by atoms with E-state index in [1.54, 1.807) is 18.2 Å². The second kappa shape index (κ2) is 8.12. The Kier molecular flexibility index (Phi) is 5.00. The van der Waals surface area contributed by atoms with Gasteiger partial charge < -0.3 is 5.32 Å². The first-order valence-corrected chi connectivity index (χ1v) is 10.5. The molecule has 0 heterocycles. The van der Waals surface area contributed by atoms with Crippen LogP contribution in [0.25, 0.3) is 21.5 Å². The number of carbonyl (C=O) groups is 2. The van der Waals surface area contributed by atoms with Gasteiger partial charge in [-0.3, -0.25) is 9.59 Å². The summed E-state index contributed by atoms with van der Waals surface area (Å²) in [5.41, 5.74) is 3.30. The highest BCUT2D eigenvalue weighted by Crippen LogP contribution is 2.29. The molecule has 1 amide bonds. The van der Waals surface area contributed by atoms with Crippen LogP contribution in [-0.2, 0) is 0 Å². The van der Waals surface area contributed by atoms with Gasteiger partial charge in [-0.05, 0) is 52.2 Å². The fraction of sp³-hybridized carbons (Fsp3) is 0.0345. The van der Waals surface area contributed by atoms with Crippen molar-refractivity contribution >= 4 is 38.9 Å². The number of fused-ring (bicyclic) bond motifs is 2. The molecular formula is C29H21NO2. The van der Waals surface area contributed by atoms with Crippen LogP contribution in [0.1, 0.15) is 31.8 Å². The van der Waals surface area contributed by atoms with Crippen molar-refractivity contribution in [1.29, 1.82) is 0 Å². The number of amides is 1. The first kappa shape index (κ1) is 19.7. The van der Waals surface area contributed by atoms with Gasteiger partial charge in [0.05, 0.1) is 5.56 Å². The minimum absolute atomic E-state index is 0.0604. The van der Waals surface area contributed by atoms with Gasteiger partial charge in [0, 0.05) is 16.8 Å². The number of benzene rings is 5. The molecule has 0 atom stereocenters. The van der Waals surface area contributed by atoms with Crippen molar-refractivity contribution in [1.82, 2.24) is 0 Å². The Morgan fingerprint density at radius 2 is 1.25 bits per heavy atom. The summed E-state index contributed by atoms with van der Waals surface area (Å²) in [6.07, 6.45) is 0. The lowest BCUT2D eigenvalue weighted by Gasteiger charge is -2.13. The van der Waals surface area contributed by atoms with Gasteiger partial charge in [-0.1, -0.05) is 84.9 Å². The van der Waals surface area contributed by atoms with Crippen LogP contribution in [0, 0.1) is 6.92 Å². The molecule has 0 bridgehead atoms. The SMILES string of the molecule is Cc1ccc(NC(=O)c2c3ccccc3cc3ccccc23)cc1C(=O)c1ccccc1. The standard InChI is InChI=1S/C29H21NO2/c1-19-15-16-23(18-26(19)28(31)20-9-3-2-4-10-20)30-29(32)27-24-13-7-5-11-21(24)17-22-12-6-8-14-25(22)27/h2-18H,1H3,(H,30,32). The molecule has 5 aromatic rings. The lowest BCUT2D eigenvalue weighted by Crippen LogP contribution is -2.14. The van der Waals surface area contributed by atoms with E-state index in [0.29, 0.717) is 22.4 Å². The first-order valence-electron chi connectivity index (χ1n) is 10.5. The Morgan fingerprint density at radius 3 is 1.91 bits per heavy atom. The molecule has 0 saturated heterocycles. The predicted octanol–water partition coefficient (Wildman–Crippen LogP) is 6.78. The molecule has 5 aromatic carbocycles. The number of aryl methyl sites for hydroxylation is 1. The van der Waals surface area contributed by atoms with E-state index in [1.807, 2.05) is 85.8 Å². The molecule has 0 aliphatic rings. The molecule has 0 unspecified atom stereocenters. The third-order valence-corrected chi connectivity index (χ3v) is 5.77. The lowest BCUT2D eigenvalue weighted by molar-refractivity contribution is 0.102. The van der Waals surface area contributed by atoms with E-state index in [4.69, 9.17) is 0 Å². The molecule has 0 fully saturated rings. The van der Waals surface area contributed by atoms with Crippen LogP contribution in [0.5, 0.6) is 0 Å². The van der Waals surface area contributed by atoms with Crippen LogP contribution in [-0.4, -0.2) is 11.7 Å². The second-order valence-electron chi connectivity index (χ2n) is 7.87. The molecule has 0 spiro atoms. The number of rotatable bonds is 4. The molecular weight excluding hydrogens is 394 g/mol. The van der Waals surface area contributed by atoms with Crippen molar-refractivity contribution in [3.63, 3.8) is 0 Å². The largest absolute Gasteiger partial charge is 0.322 e. The fourth-order valence-electron chi connectivity index (χ4n) is 4.14. The normalized spacial score (nSPS) is 10.9.